The molecule has 2 nitrogen and oxygen atoms in total. The normalized spacial score (nSPS) is 12.5. The van der Waals surface area contributed by atoms with Crippen LogP contribution in [-0.4, -0.2) is 5.01 Å². The monoisotopic (exact) mass is 330 g/mol. The zero-order valence-corrected chi connectivity index (χ0v) is 12.8. The Labute approximate surface area is 126 Å². The minimum Gasteiger partial charge on any atom is -0.479 e. The number of fused-ring (bicyclic) bond motifs is 1. The van der Waals surface area contributed by atoms with Crippen molar-refractivity contribution in [3.8, 4) is 16.9 Å². The average molecular weight is 331 g/mol. The van der Waals surface area contributed by atoms with Crippen LogP contribution in [0.15, 0.2) is 59.2 Å². The molecule has 0 bridgehead atoms. The van der Waals surface area contributed by atoms with Gasteiger partial charge in [-0.1, -0.05) is 37.3 Å². The third kappa shape index (κ3) is 2.59. The van der Waals surface area contributed by atoms with Crippen molar-refractivity contribution in [3.63, 3.8) is 0 Å². The predicted molar refractivity (Wildman–Crippen MR) is 85.3 cm³/mol. The zero-order chi connectivity index (χ0) is 13.9. The van der Waals surface area contributed by atoms with Crippen molar-refractivity contribution in [2.75, 3.05) is 0 Å². The molecule has 0 amide bonds. The first kappa shape index (κ1) is 13.3. The Kier molecular flexibility index (Phi) is 3.79. The van der Waals surface area contributed by atoms with E-state index in [-0.39, 0.29) is 5.01 Å². The van der Waals surface area contributed by atoms with Crippen LogP contribution in [0.2, 0.25) is 0 Å². The molecule has 2 aromatic carbocycles. The second-order valence-corrected chi connectivity index (χ2v) is 5.63. The summed E-state index contributed by atoms with van der Waals surface area (Å²) in [5.41, 5.74) is 3.11. The van der Waals surface area contributed by atoms with Gasteiger partial charge in [0.1, 0.15) is 11.3 Å². The van der Waals surface area contributed by atoms with E-state index >= 15 is 0 Å². The molecule has 1 aromatic heterocycles. The van der Waals surface area contributed by atoms with Gasteiger partial charge in [-0.15, -0.1) is 0 Å². The number of rotatable bonds is 4. The van der Waals surface area contributed by atoms with Crippen LogP contribution in [0.25, 0.3) is 22.1 Å². The highest BCUT2D eigenvalue weighted by Crippen LogP contribution is 2.33. The second-order valence-electron chi connectivity index (χ2n) is 4.61. The van der Waals surface area contributed by atoms with Crippen LogP contribution in [0.3, 0.4) is 0 Å². The van der Waals surface area contributed by atoms with Gasteiger partial charge in [-0.3, -0.25) is 0 Å². The lowest BCUT2D eigenvalue weighted by atomic mass is 10.1. The highest BCUT2D eigenvalue weighted by molar-refractivity contribution is 9.09. The maximum absolute atomic E-state index is 5.74. The van der Waals surface area contributed by atoms with Gasteiger partial charge in [0.15, 0.2) is 5.01 Å². The molecule has 0 aliphatic heterocycles. The van der Waals surface area contributed by atoms with Crippen LogP contribution >= 0.6 is 15.9 Å². The second kappa shape index (κ2) is 5.71. The summed E-state index contributed by atoms with van der Waals surface area (Å²) in [6, 6.07) is 16.2. The Morgan fingerprint density at radius 1 is 1.15 bits per heavy atom. The molecule has 3 rings (SSSR count). The molecule has 0 spiro atoms. The standard InChI is InChI=1S/C17H15BrO2/c1-2-17(18)20-13-8-9-14-15(11-19-16(14)10-13)12-6-4-3-5-7-12/h3-11,17H,2H2,1H3. The van der Waals surface area contributed by atoms with Crippen LogP contribution in [0.5, 0.6) is 5.75 Å². The van der Waals surface area contributed by atoms with E-state index < -0.39 is 0 Å². The maximum Gasteiger partial charge on any atom is 0.153 e. The van der Waals surface area contributed by atoms with Crippen molar-refractivity contribution in [1.29, 1.82) is 0 Å². The van der Waals surface area contributed by atoms with Gasteiger partial charge < -0.3 is 9.15 Å². The molecule has 3 aromatic rings. The smallest absolute Gasteiger partial charge is 0.153 e. The zero-order valence-electron chi connectivity index (χ0n) is 11.2. The fourth-order valence-electron chi connectivity index (χ4n) is 2.15. The minimum atomic E-state index is 0.0310. The summed E-state index contributed by atoms with van der Waals surface area (Å²) in [5.74, 6) is 0.815. The van der Waals surface area contributed by atoms with Gasteiger partial charge in [-0.05, 0) is 40.0 Å². The highest BCUT2D eigenvalue weighted by Gasteiger charge is 2.10. The van der Waals surface area contributed by atoms with Crippen molar-refractivity contribution >= 4 is 26.9 Å². The van der Waals surface area contributed by atoms with Crippen molar-refractivity contribution in [2.45, 2.75) is 18.4 Å². The lowest BCUT2D eigenvalue weighted by Gasteiger charge is -2.10. The first-order chi connectivity index (χ1) is 9.78. The summed E-state index contributed by atoms with van der Waals surface area (Å²) in [6.07, 6.45) is 2.71. The lowest BCUT2D eigenvalue weighted by Crippen LogP contribution is -2.05. The Morgan fingerprint density at radius 3 is 2.70 bits per heavy atom. The molecule has 0 radical (unpaired) electrons. The molecule has 20 heavy (non-hydrogen) atoms. The van der Waals surface area contributed by atoms with Gasteiger partial charge in [-0.25, -0.2) is 0 Å². The maximum atomic E-state index is 5.74. The lowest BCUT2D eigenvalue weighted by molar-refractivity contribution is 0.290. The fraction of sp³-hybridized carbons (Fsp3) is 0.176. The van der Waals surface area contributed by atoms with Crippen molar-refractivity contribution in [1.82, 2.24) is 0 Å². The molecule has 0 saturated heterocycles. The van der Waals surface area contributed by atoms with Crippen molar-refractivity contribution in [2.24, 2.45) is 0 Å². The van der Waals surface area contributed by atoms with Crippen LogP contribution < -0.4 is 4.74 Å². The van der Waals surface area contributed by atoms with E-state index in [1.54, 1.807) is 6.26 Å². The molecule has 102 valence electrons. The molecule has 0 aliphatic rings. The highest BCUT2D eigenvalue weighted by atomic mass is 79.9. The molecular weight excluding hydrogens is 316 g/mol. The third-order valence-electron chi connectivity index (χ3n) is 3.22. The summed E-state index contributed by atoms with van der Waals surface area (Å²) in [5, 5.41) is 1.13. The fourth-order valence-corrected chi connectivity index (χ4v) is 2.37. The van der Waals surface area contributed by atoms with Crippen LogP contribution in [0.1, 0.15) is 13.3 Å². The van der Waals surface area contributed by atoms with Gasteiger partial charge >= 0.3 is 0 Å². The van der Waals surface area contributed by atoms with Crippen LogP contribution in [0, 0.1) is 0 Å². The number of benzene rings is 2. The van der Waals surface area contributed by atoms with Crippen molar-refractivity contribution < 1.29 is 9.15 Å². The first-order valence-electron chi connectivity index (χ1n) is 6.65. The van der Waals surface area contributed by atoms with Crippen LogP contribution in [-0.2, 0) is 0 Å². The SMILES string of the molecule is CCC(Br)Oc1ccc2c(-c3ccccc3)coc2c1. The quantitative estimate of drug-likeness (QED) is 0.580. The molecule has 0 saturated carbocycles. The van der Waals surface area contributed by atoms with E-state index in [1.807, 2.05) is 36.4 Å². The number of alkyl halides is 1. The molecule has 3 heteroatoms. The average Bonchev–Trinajstić information content (AvgIpc) is 2.91. The summed E-state index contributed by atoms with van der Waals surface area (Å²) >= 11 is 3.47. The number of furan rings is 1. The Bertz CT molecular complexity index is 703. The van der Waals surface area contributed by atoms with Gasteiger partial charge in [0.25, 0.3) is 0 Å². The van der Waals surface area contributed by atoms with Gasteiger partial charge in [0.2, 0.25) is 0 Å². The molecule has 1 atom stereocenters. The van der Waals surface area contributed by atoms with E-state index in [1.165, 1.54) is 0 Å². The van der Waals surface area contributed by atoms with Crippen molar-refractivity contribution in [3.05, 3.63) is 54.8 Å². The molecule has 0 N–H and O–H groups in total. The molecule has 0 fully saturated rings. The van der Waals surface area contributed by atoms with Gasteiger partial charge in [0.05, 0.1) is 6.26 Å². The van der Waals surface area contributed by atoms with E-state index in [0.717, 1.165) is 34.3 Å². The Morgan fingerprint density at radius 2 is 1.95 bits per heavy atom. The summed E-state index contributed by atoms with van der Waals surface area (Å²) in [4.78, 5) is 0. The number of ether oxygens (including phenoxy) is 1. The number of hydrogen-bond acceptors (Lipinski definition) is 2. The number of hydrogen-bond donors (Lipinski definition) is 0. The summed E-state index contributed by atoms with van der Waals surface area (Å²) in [7, 11) is 0. The third-order valence-corrected chi connectivity index (χ3v) is 4.05. The van der Waals surface area contributed by atoms with E-state index in [9.17, 15) is 0 Å². The van der Waals surface area contributed by atoms with E-state index in [2.05, 4.69) is 35.0 Å². The van der Waals surface area contributed by atoms with E-state index in [0.29, 0.717) is 0 Å². The first-order valence-corrected chi connectivity index (χ1v) is 7.57. The largest absolute Gasteiger partial charge is 0.479 e. The molecule has 1 unspecified atom stereocenters. The Balaban J connectivity index is 1.98. The number of halogens is 1. The molecule has 0 aliphatic carbocycles. The topological polar surface area (TPSA) is 22.4 Å². The van der Waals surface area contributed by atoms with Gasteiger partial charge in [-0.2, -0.15) is 0 Å². The van der Waals surface area contributed by atoms with E-state index in [4.69, 9.17) is 9.15 Å². The van der Waals surface area contributed by atoms with Gasteiger partial charge in [0, 0.05) is 17.0 Å². The minimum absolute atomic E-state index is 0.0310. The molecule has 1 heterocycles. The summed E-state index contributed by atoms with van der Waals surface area (Å²) in [6.45, 7) is 2.07. The predicted octanol–water partition coefficient (Wildman–Crippen LogP) is 5.61. The Hall–Kier alpha value is -1.74. The van der Waals surface area contributed by atoms with Crippen LogP contribution in [0.4, 0.5) is 0 Å². The molecular formula is C17H15BrO2. The summed E-state index contributed by atoms with van der Waals surface area (Å²) < 4.78 is 11.4.